The Morgan fingerprint density at radius 1 is 0.610 bits per heavy atom. The molecule has 0 aliphatic heterocycles. The SMILES string of the molecule is CO[C@H](C(=O)O)c1ccccc1.Cl.N[C@@H](c1ccccc1)c1ccccn1.N[C@@H](c1ccccc1)c1ccccn1. The van der Waals surface area contributed by atoms with Crippen LogP contribution >= 0.6 is 12.4 Å². The van der Waals surface area contributed by atoms with E-state index in [9.17, 15) is 4.79 Å². The van der Waals surface area contributed by atoms with Crippen LogP contribution in [0.3, 0.4) is 0 Å². The van der Waals surface area contributed by atoms with Crippen LogP contribution in [-0.4, -0.2) is 28.2 Å². The fourth-order valence-electron chi connectivity index (χ4n) is 3.79. The lowest BCUT2D eigenvalue weighted by Crippen LogP contribution is -2.12. The van der Waals surface area contributed by atoms with Crippen molar-refractivity contribution in [2.24, 2.45) is 11.5 Å². The Morgan fingerprint density at radius 2 is 0.951 bits per heavy atom. The molecule has 5 N–H and O–H groups in total. The summed E-state index contributed by atoms with van der Waals surface area (Å²) < 4.78 is 4.80. The molecule has 8 heteroatoms. The fourth-order valence-corrected chi connectivity index (χ4v) is 3.79. The first-order valence-electron chi connectivity index (χ1n) is 12.7. The first kappa shape index (κ1) is 32.8. The van der Waals surface area contributed by atoms with Crippen LogP contribution in [-0.2, 0) is 9.53 Å². The van der Waals surface area contributed by atoms with Crippen molar-refractivity contribution < 1.29 is 14.6 Å². The fraction of sp³-hybridized carbons (Fsp3) is 0.121. The Labute approximate surface area is 247 Å². The smallest absolute Gasteiger partial charge is 0.337 e. The third-order valence-corrected chi connectivity index (χ3v) is 5.89. The van der Waals surface area contributed by atoms with Gasteiger partial charge < -0.3 is 21.3 Å². The number of methoxy groups -OCH3 is 1. The van der Waals surface area contributed by atoms with Gasteiger partial charge in [0.2, 0.25) is 0 Å². The molecule has 0 aliphatic carbocycles. The Balaban J connectivity index is 0.000000213. The number of carboxylic acid groups (broad SMARTS) is 1. The molecular weight excluding hydrogens is 536 g/mol. The standard InChI is InChI=1S/2C12H12N2.C9H10O3.ClH/c2*13-12(10-6-2-1-3-7-10)11-8-4-5-9-14-11;1-12-8(9(10)11)7-5-3-2-4-6-7;/h2*1-9,12H,13H2;2-6,8H,1H3,(H,10,11);1H/t2*12-;8-;/m000./s1. The quantitative estimate of drug-likeness (QED) is 0.215. The first-order chi connectivity index (χ1) is 19.5. The number of aromatic nitrogens is 2. The number of pyridine rings is 2. The number of hydrogen-bond acceptors (Lipinski definition) is 6. The zero-order valence-electron chi connectivity index (χ0n) is 22.7. The van der Waals surface area contributed by atoms with E-state index in [2.05, 4.69) is 9.97 Å². The molecule has 0 fully saturated rings. The number of ether oxygens (including phenoxy) is 1. The average molecular weight is 571 g/mol. The van der Waals surface area contributed by atoms with Crippen LogP contribution in [0.5, 0.6) is 0 Å². The van der Waals surface area contributed by atoms with Crippen LogP contribution in [0.1, 0.15) is 46.3 Å². The summed E-state index contributed by atoms with van der Waals surface area (Å²) in [7, 11) is 1.38. The summed E-state index contributed by atoms with van der Waals surface area (Å²) in [5, 5.41) is 8.70. The number of halogens is 1. The van der Waals surface area contributed by atoms with Gasteiger partial charge in [-0.3, -0.25) is 9.97 Å². The average Bonchev–Trinajstić information content (AvgIpc) is 3.03. The molecule has 0 amide bonds. The van der Waals surface area contributed by atoms with Crippen molar-refractivity contribution in [3.63, 3.8) is 0 Å². The van der Waals surface area contributed by atoms with Crippen molar-refractivity contribution in [3.8, 4) is 0 Å². The molecule has 0 unspecified atom stereocenters. The van der Waals surface area contributed by atoms with Crippen molar-refractivity contribution in [1.29, 1.82) is 0 Å². The van der Waals surface area contributed by atoms with E-state index in [1.807, 2.05) is 103 Å². The lowest BCUT2D eigenvalue weighted by molar-refractivity contribution is -0.148. The molecule has 5 rings (SSSR count). The summed E-state index contributed by atoms with van der Waals surface area (Å²) in [6.45, 7) is 0. The van der Waals surface area contributed by atoms with Crippen LogP contribution < -0.4 is 11.5 Å². The van der Waals surface area contributed by atoms with Crippen LogP contribution in [0, 0.1) is 0 Å². The summed E-state index contributed by atoms with van der Waals surface area (Å²) >= 11 is 0. The molecule has 212 valence electrons. The number of rotatable bonds is 7. The Morgan fingerprint density at radius 3 is 1.24 bits per heavy atom. The maximum absolute atomic E-state index is 10.6. The second-order valence-corrected chi connectivity index (χ2v) is 8.65. The minimum absolute atomic E-state index is 0. The third kappa shape index (κ3) is 10.6. The lowest BCUT2D eigenvalue weighted by atomic mass is 10.0. The summed E-state index contributed by atoms with van der Waals surface area (Å²) in [4.78, 5) is 19.1. The van der Waals surface area contributed by atoms with Gasteiger partial charge in [0.15, 0.2) is 6.10 Å². The summed E-state index contributed by atoms with van der Waals surface area (Å²) in [6.07, 6.45) is 2.67. The number of nitrogens with zero attached hydrogens (tertiary/aromatic N) is 2. The molecule has 3 atom stereocenters. The number of carbonyl (C=O) groups is 1. The molecule has 0 aliphatic rings. The van der Waals surface area contributed by atoms with Gasteiger partial charge in [0, 0.05) is 19.5 Å². The Bertz CT molecular complexity index is 1220. The summed E-state index contributed by atoms with van der Waals surface area (Å²) in [6, 6.07) is 40.1. The van der Waals surface area contributed by atoms with Crippen molar-refractivity contribution in [3.05, 3.63) is 168 Å². The van der Waals surface area contributed by atoms with Gasteiger partial charge in [-0.1, -0.05) is 103 Å². The zero-order valence-corrected chi connectivity index (χ0v) is 23.5. The van der Waals surface area contributed by atoms with Crippen molar-refractivity contribution in [2.75, 3.05) is 7.11 Å². The Hall–Kier alpha value is -4.40. The largest absolute Gasteiger partial charge is 0.479 e. The van der Waals surface area contributed by atoms with Crippen LogP contribution in [0.4, 0.5) is 0 Å². The Kier molecular flexibility index (Phi) is 14.4. The van der Waals surface area contributed by atoms with Gasteiger partial charge in [0.05, 0.1) is 23.5 Å². The van der Waals surface area contributed by atoms with Crippen LogP contribution in [0.15, 0.2) is 140 Å². The third-order valence-electron chi connectivity index (χ3n) is 5.89. The highest BCUT2D eigenvalue weighted by Gasteiger charge is 2.17. The molecule has 7 nitrogen and oxygen atoms in total. The van der Waals surface area contributed by atoms with E-state index in [-0.39, 0.29) is 24.5 Å². The molecule has 0 spiro atoms. The topological polar surface area (TPSA) is 124 Å². The van der Waals surface area contributed by atoms with E-state index < -0.39 is 12.1 Å². The summed E-state index contributed by atoms with van der Waals surface area (Å²) in [5.41, 5.74) is 16.7. The van der Waals surface area contributed by atoms with E-state index in [1.54, 1.807) is 36.7 Å². The molecule has 2 aromatic heterocycles. The normalized spacial score (nSPS) is 12.1. The highest BCUT2D eigenvalue weighted by atomic mass is 35.5. The zero-order chi connectivity index (χ0) is 28.6. The maximum atomic E-state index is 10.6. The van der Waals surface area contributed by atoms with E-state index in [0.717, 1.165) is 22.5 Å². The van der Waals surface area contributed by atoms with E-state index in [4.69, 9.17) is 21.3 Å². The van der Waals surface area contributed by atoms with Gasteiger partial charge in [-0.25, -0.2) is 4.79 Å². The predicted molar refractivity (Wildman–Crippen MR) is 164 cm³/mol. The molecule has 41 heavy (non-hydrogen) atoms. The van der Waals surface area contributed by atoms with Crippen LogP contribution in [0.25, 0.3) is 0 Å². The maximum Gasteiger partial charge on any atom is 0.337 e. The molecule has 0 saturated heterocycles. The van der Waals surface area contributed by atoms with Gasteiger partial charge >= 0.3 is 5.97 Å². The van der Waals surface area contributed by atoms with Crippen molar-refractivity contribution in [2.45, 2.75) is 18.2 Å². The van der Waals surface area contributed by atoms with Gasteiger partial charge in [-0.2, -0.15) is 0 Å². The van der Waals surface area contributed by atoms with E-state index >= 15 is 0 Å². The first-order valence-corrected chi connectivity index (χ1v) is 12.7. The molecule has 2 heterocycles. The molecule has 5 aromatic rings. The number of benzene rings is 3. The van der Waals surface area contributed by atoms with Crippen molar-refractivity contribution >= 4 is 18.4 Å². The minimum Gasteiger partial charge on any atom is -0.479 e. The van der Waals surface area contributed by atoms with Gasteiger partial charge in [0.1, 0.15) is 0 Å². The van der Waals surface area contributed by atoms with Crippen molar-refractivity contribution in [1.82, 2.24) is 9.97 Å². The lowest BCUT2D eigenvalue weighted by Gasteiger charge is -2.10. The highest BCUT2D eigenvalue weighted by molar-refractivity contribution is 5.85. The van der Waals surface area contributed by atoms with Gasteiger partial charge in [-0.05, 0) is 41.0 Å². The van der Waals surface area contributed by atoms with Crippen LogP contribution in [0.2, 0.25) is 0 Å². The summed E-state index contributed by atoms with van der Waals surface area (Å²) in [5.74, 6) is -0.969. The second kappa shape index (κ2) is 18.0. The molecule has 0 bridgehead atoms. The molecule has 0 saturated carbocycles. The van der Waals surface area contributed by atoms with E-state index in [1.165, 1.54) is 7.11 Å². The van der Waals surface area contributed by atoms with Gasteiger partial charge in [-0.15, -0.1) is 12.4 Å². The molecule has 3 aromatic carbocycles. The van der Waals surface area contributed by atoms with E-state index in [0.29, 0.717) is 5.56 Å². The number of carboxylic acids is 1. The van der Waals surface area contributed by atoms with Gasteiger partial charge in [0.25, 0.3) is 0 Å². The minimum atomic E-state index is -0.969. The molecular formula is C33H35ClN4O3. The number of nitrogens with two attached hydrogens (primary N) is 2. The number of aliphatic carboxylic acids is 1. The predicted octanol–water partition coefficient (Wildman–Crippen LogP) is 6.14. The molecule has 0 radical (unpaired) electrons. The number of hydrogen-bond donors (Lipinski definition) is 3. The monoisotopic (exact) mass is 570 g/mol. The second-order valence-electron chi connectivity index (χ2n) is 8.65. The highest BCUT2D eigenvalue weighted by Crippen LogP contribution is 2.17.